The van der Waals surface area contributed by atoms with Crippen LogP contribution in [0, 0.1) is 0 Å². The molecule has 103 heavy (non-hydrogen) atoms. The van der Waals surface area contributed by atoms with Crippen LogP contribution in [0.4, 0.5) is 0 Å². The highest BCUT2D eigenvalue weighted by Gasteiger charge is 2.30. The standard InChI is InChI=1S/C94H51N9/c1-4-24-57-52(20-1)23-19-33-63(57)91-95-73-34-13-7-28-64(73)92(97-91)99-76-37-16-11-31-67(76)84-82(99)51-71-62-45-41-54-22-3-6-26-59(54)88(62)103-80-47-43-56(49-72(80)86(84)90(71)103)55-42-46-79-69(48-55)60-27-9-15-36-75(60)101(79)94-96-74-35-14-8-29-65(74)93(98-94)100-77-38-17-10-30-66(77)83-81(100)50-70-61-44-40-53-21-2-5-25-58(53)87(61)102-78-39-18-12-32-68(78)85(83)89(70)102/h1-51H. The van der Waals surface area contributed by atoms with Gasteiger partial charge in [0.05, 0.1) is 77.2 Å². The molecule has 0 amide bonds. The molecule has 9 heterocycles. The number of para-hydroxylation sites is 6. The predicted octanol–water partition coefficient (Wildman–Crippen LogP) is 24.0. The van der Waals surface area contributed by atoms with E-state index in [1.54, 1.807) is 0 Å². The monoisotopic (exact) mass is 1310 g/mol. The van der Waals surface area contributed by atoms with Crippen molar-refractivity contribution in [2.45, 2.75) is 0 Å². The lowest BCUT2D eigenvalue weighted by Gasteiger charge is -2.14. The lowest BCUT2D eigenvalue weighted by atomic mass is 9.97. The van der Waals surface area contributed by atoms with Crippen LogP contribution in [0.25, 0.3) is 236 Å². The molecule has 0 unspecified atom stereocenters. The van der Waals surface area contributed by atoms with Crippen molar-refractivity contribution in [2.24, 2.45) is 0 Å². The molecule has 0 spiro atoms. The number of hydrogen-bond donors (Lipinski definition) is 0. The van der Waals surface area contributed by atoms with Crippen LogP contribution in [-0.2, 0) is 0 Å². The predicted molar refractivity (Wildman–Crippen MR) is 428 cm³/mol. The first kappa shape index (κ1) is 54.0. The second-order valence-electron chi connectivity index (χ2n) is 27.9. The molecule has 0 aliphatic heterocycles. The summed E-state index contributed by atoms with van der Waals surface area (Å²) >= 11 is 0. The average molecular weight is 1310 g/mol. The van der Waals surface area contributed by atoms with E-state index in [4.69, 9.17) is 19.9 Å². The number of hydrogen-bond acceptors (Lipinski definition) is 4. The number of aromatic nitrogens is 9. The van der Waals surface area contributed by atoms with Crippen molar-refractivity contribution in [3.8, 4) is 40.1 Å². The number of benzene rings is 16. The minimum Gasteiger partial charge on any atom is -0.307 e. The highest BCUT2D eigenvalue weighted by atomic mass is 15.2. The lowest BCUT2D eigenvalue weighted by molar-refractivity contribution is 0.973. The Hall–Kier alpha value is -14.0. The molecule has 9 nitrogen and oxygen atoms in total. The highest BCUT2D eigenvalue weighted by molar-refractivity contribution is 6.39. The first-order valence-electron chi connectivity index (χ1n) is 35.3. The van der Waals surface area contributed by atoms with Crippen LogP contribution in [0.2, 0.25) is 0 Å². The maximum Gasteiger partial charge on any atom is 0.237 e. The van der Waals surface area contributed by atoms with Gasteiger partial charge in [0.1, 0.15) is 5.82 Å². The minimum atomic E-state index is 0.604. The summed E-state index contributed by atoms with van der Waals surface area (Å²) in [4.78, 5) is 22.5. The topological polar surface area (TPSA) is 75.2 Å². The van der Waals surface area contributed by atoms with E-state index in [-0.39, 0.29) is 0 Å². The van der Waals surface area contributed by atoms with Gasteiger partial charge in [-0.1, -0.05) is 224 Å². The Balaban J connectivity index is 0.723. The van der Waals surface area contributed by atoms with Gasteiger partial charge in [0, 0.05) is 103 Å². The molecule has 0 aliphatic rings. The highest BCUT2D eigenvalue weighted by Crippen LogP contribution is 2.52. The van der Waals surface area contributed by atoms with E-state index < -0.39 is 0 Å². The zero-order valence-electron chi connectivity index (χ0n) is 55.0. The van der Waals surface area contributed by atoms with Crippen LogP contribution in [0.3, 0.4) is 0 Å². The molecular formula is C94H51N9. The van der Waals surface area contributed by atoms with Crippen LogP contribution in [0.5, 0.6) is 0 Å². The molecule has 0 N–H and O–H groups in total. The van der Waals surface area contributed by atoms with E-state index >= 15 is 0 Å². The van der Waals surface area contributed by atoms with Crippen molar-refractivity contribution in [3.63, 3.8) is 0 Å². The summed E-state index contributed by atoms with van der Waals surface area (Å²) in [6, 6.07) is 113. The van der Waals surface area contributed by atoms with E-state index in [1.165, 1.54) is 108 Å². The molecule has 9 aromatic heterocycles. The van der Waals surface area contributed by atoms with Gasteiger partial charge in [-0.2, -0.15) is 4.98 Å². The second-order valence-corrected chi connectivity index (χ2v) is 27.9. The fourth-order valence-electron chi connectivity index (χ4n) is 18.7. The van der Waals surface area contributed by atoms with E-state index in [2.05, 4.69) is 332 Å². The van der Waals surface area contributed by atoms with Crippen LogP contribution in [0.15, 0.2) is 309 Å². The summed E-state index contributed by atoms with van der Waals surface area (Å²) < 4.78 is 12.2. The van der Waals surface area contributed by atoms with E-state index in [0.717, 1.165) is 116 Å². The largest absolute Gasteiger partial charge is 0.307 e. The maximum atomic E-state index is 5.87. The molecule has 0 saturated heterocycles. The number of nitrogens with zero attached hydrogens (tertiary/aromatic N) is 9. The Morgan fingerprint density at radius 2 is 0.621 bits per heavy atom. The fraction of sp³-hybridized carbons (Fsp3) is 0. The third-order valence-electron chi connectivity index (χ3n) is 22.9. The van der Waals surface area contributed by atoms with Gasteiger partial charge in [0.15, 0.2) is 11.6 Å². The Morgan fingerprint density at radius 3 is 1.22 bits per heavy atom. The summed E-state index contributed by atoms with van der Waals surface area (Å²) in [7, 11) is 0. The van der Waals surface area contributed by atoms with Crippen molar-refractivity contribution in [3.05, 3.63) is 309 Å². The second kappa shape index (κ2) is 19.5. The molecule has 0 radical (unpaired) electrons. The molecule has 0 bridgehead atoms. The maximum absolute atomic E-state index is 5.87. The van der Waals surface area contributed by atoms with E-state index in [1.807, 2.05) is 0 Å². The molecule has 0 saturated carbocycles. The normalized spacial score (nSPS) is 12.7. The smallest absolute Gasteiger partial charge is 0.237 e. The Morgan fingerprint density at radius 1 is 0.204 bits per heavy atom. The van der Waals surface area contributed by atoms with Gasteiger partial charge in [-0.05, 0) is 118 Å². The van der Waals surface area contributed by atoms with Gasteiger partial charge in [-0.15, -0.1) is 0 Å². The zero-order valence-corrected chi connectivity index (χ0v) is 55.0. The van der Waals surface area contributed by atoms with Crippen molar-refractivity contribution in [1.29, 1.82) is 0 Å². The molecule has 0 atom stereocenters. The van der Waals surface area contributed by atoms with Gasteiger partial charge in [0.2, 0.25) is 5.95 Å². The first-order chi connectivity index (χ1) is 51.1. The van der Waals surface area contributed by atoms with E-state index in [0.29, 0.717) is 11.8 Å². The van der Waals surface area contributed by atoms with Gasteiger partial charge in [0.25, 0.3) is 0 Å². The molecule has 25 rings (SSSR count). The fourth-order valence-corrected chi connectivity index (χ4v) is 18.7. The summed E-state index contributed by atoms with van der Waals surface area (Å²) in [6.07, 6.45) is 0. The van der Waals surface area contributed by atoms with Crippen LogP contribution in [-0.4, -0.2) is 42.4 Å². The van der Waals surface area contributed by atoms with Crippen LogP contribution < -0.4 is 0 Å². The lowest BCUT2D eigenvalue weighted by Crippen LogP contribution is -2.07. The third kappa shape index (κ3) is 6.90. The molecule has 472 valence electrons. The molecule has 16 aromatic carbocycles. The average Bonchev–Trinajstić information content (AvgIpc) is 1.52. The number of rotatable bonds is 5. The van der Waals surface area contributed by atoms with Gasteiger partial charge in [-0.3, -0.25) is 13.7 Å². The van der Waals surface area contributed by atoms with Crippen LogP contribution in [0.1, 0.15) is 0 Å². The number of fused-ring (bicyclic) bond motifs is 30. The molecule has 0 aliphatic carbocycles. The molecule has 9 heteroatoms. The van der Waals surface area contributed by atoms with Gasteiger partial charge in [-0.25, -0.2) is 15.0 Å². The summed E-state index contributed by atoms with van der Waals surface area (Å²) in [5.41, 5.74) is 18.7. The minimum absolute atomic E-state index is 0.604. The summed E-state index contributed by atoms with van der Waals surface area (Å²) in [5, 5.41) is 25.9. The zero-order chi connectivity index (χ0) is 66.6. The van der Waals surface area contributed by atoms with E-state index in [9.17, 15) is 0 Å². The van der Waals surface area contributed by atoms with Gasteiger partial charge >= 0.3 is 0 Å². The summed E-state index contributed by atoms with van der Waals surface area (Å²) in [5.74, 6) is 2.97. The van der Waals surface area contributed by atoms with Crippen molar-refractivity contribution < 1.29 is 0 Å². The quantitative estimate of drug-likeness (QED) is 0.172. The van der Waals surface area contributed by atoms with Crippen molar-refractivity contribution in [2.75, 3.05) is 0 Å². The van der Waals surface area contributed by atoms with Crippen LogP contribution >= 0.6 is 0 Å². The Bertz CT molecular complexity index is 8130. The van der Waals surface area contributed by atoms with Crippen molar-refractivity contribution in [1.82, 2.24) is 42.4 Å². The summed E-state index contributed by atoms with van der Waals surface area (Å²) in [6.45, 7) is 0. The van der Waals surface area contributed by atoms with Crippen molar-refractivity contribution >= 4 is 196 Å². The Kier molecular flexibility index (Phi) is 10.2. The third-order valence-corrected chi connectivity index (χ3v) is 22.9. The SMILES string of the molecule is c1ccc2c(-c3nc(-n4c5ccccc5c5c6c7cc(-c8ccc9c(c8)c8ccccc8n9-c8nc(-n9c%10ccccc%10c%10c%11c%12ccccc%12n%12c%13c%14ccccc%14ccc%13c(cc%109)c%11%12)c9ccccc9n8)ccc7n7c8c9ccccc9ccc8c(cc54)c67)c4ccccc4n3)cccc2c1. The molecule has 25 aromatic rings. The molecular weight excluding hydrogens is 1260 g/mol. The van der Waals surface area contributed by atoms with Gasteiger partial charge < -0.3 is 8.80 Å². The first-order valence-corrected chi connectivity index (χ1v) is 35.3. The molecule has 0 fully saturated rings. The Labute approximate surface area is 584 Å².